The van der Waals surface area contributed by atoms with Crippen molar-refractivity contribution in [1.82, 2.24) is 20.0 Å². The smallest absolute Gasteiger partial charge is 0.123 e. The molecule has 1 N–H and O–H groups in total. The summed E-state index contributed by atoms with van der Waals surface area (Å²) in [6, 6.07) is 3.71. The van der Waals surface area contributed by atoms with Gasteiger partial charge in [0.15, 0.2) is 0 Å². The summed E-state index contributed by atoms with van der Waals surface area (Å²) in [6.07, 6.45) is 1.99. The van der Waals surface area contributed by atoms with Crippen molar-refractivity contribution in [2.45, 2.75) is 39.8 Å². The Morgan fingerprint density at radius 1 is 1.33 bits per heavy atom. The van der Waals surface area contributed by atoms with Gasteiger partial charge in [-0.05, 0) is 32.4 Å². The number of hydrogen-bond donors (Lipinski definition) is 1. The second kappa shape index (κ2) is 5.27. The van der Waals surface area contributed by atoms with Crippen molar-refractivity contribution < 1.29 is 5.11 Å². The standard InChI is InChI=1S/C13H18N4O/c1-4-7-17-12(5-6-14-17)13(18)11-8-9(2)15-16-10(11)3/h5-6,8,13,18H,4,7H2,1-3H3. The largest absolute Gasteiger partial charge is 0.382 e. The third-order valence-corrected chi connectivity index (χ3v) is 2.90. The fourth-order valence-electron chi connectivity index (χ4n) is 1.98. The first-order valence-corrected chi connectivity index (χ1v) is 6.14. The molecule has 0 fully saturated rings. The Kier molecular flexibility index (Phi) is 3.72. The lowest BCUT2D eigenvalue weighted by Gasteiger charge is -2.15. The van der Waals surface area contributed by atoms with E-state index in [1.165, 1.54) is 0 Å². The Morgan fingerprint density at radius 2 is 2.11 bits per heavy atom. The highest BCUT2D eigenvalue weighted by Crippen LogP contribution is 2.23. The van der Waals surface area contributed by atoms with Gasteiger partial charge < -0.3 is 5.11 Å². The average Bonchev–Trinajstić information content (AvgIpc) is 2.80. The molecule has 0 spiro atoms. The van der Waals surface area contributed by atoms with Crippen LogP contribution in [-0.2, 0) is 6.54 Å². The molecular weight excluding hydrogens is 228 g/mol. The fourth-order valence-corrected chi connectivity index (χ4v) is 1.98. The Bertz CT molecular complexity index is 536. The van der Waals surface area contributed by atoms with Crippen LogP contribution in [0.3, 0.4) is 0 Å². The summed E-state index contributed by atoms with van der Waals surface area (Å²) in [6.45, 7) is 6.61. The van der Waals surface area contributed by atoms with Gasteiger partial charge >= 0.3 is 0 Å². The average molecular weight is 246 g/mol. The van der Waals surface area contributed by atoms with Crippen LogP contribution in [0.1, 0.15) is 42.1 Å². The first-order chi connectivity index (χ1) is 8.63. The number of rotatable bonds is 4. The van der Waals surface area contributed by atoms with Gasteiger partial charge in [0, 0.05) is 18.3 Å². The fraction of sp³-hybridized carbons (Fsp3) is 0.462. The van der Waals surface area contributed by atoms with Crippen LogP contribution in [0, 0.1) is 13.8 Å². The summed E-state index contributed by atoms with van der Waals surface area (Å²) in [5.41, 5.74) is 3.14. The van der Waals surface area contributed by atoms with Crippen LogP contribution < -0.4 is 0 Å². The number of hydrogen-bond acceptors (Lipinski definition) is 4. The zero-order valence-corrected chi connectivity index (χ0v) is 11.0. The molecule has 5 heteroatoms. The predicted molar refractivity (Wildman–Crippen MR) is 68.1 cm³/mol. The van der Waals surface area contributed by atoms with Crippen molar-refractivity contribution >= 4 is 0 Å². The number of aromatic nitrogens is 4. The first-order valence-electron chi connectivity index (χ1n) is 6.14. The van der Waals surface area contributed by atoms with Crippen LogP contribution in [0.25, 0.3) is 0 Å². The summed E-state index contributed by atoms with van der Waals surface area (Å²) in [4.78, 5) is 0. The van der Waals surface area contributed by atoms with Gasteiger partial charge in [0.25, 0.3) is 0 Å². The van der Waals surface area contributed by atoms with Gasteiger partial charge in [-0.1, -0.05) is 6.92 Å². The van der Waals surface area contributed by atoms with Gasteiger partial charge in [0.05, 0.1) is 17.1 Å². The summed E-state index contributed by atoms with van der Waals surface area (Å²) >= 11 is 0. The van der Waals surface area contributed by atoms with Gasteiger partial charge in [0.1, 0.15) is 6.10 Å². The van der Waals surface area contributed by atoms with Crippen LogP contribution in [0.2, 0.25) is 0 Å². The molecule has 0 bridgehead atoms. The lowest BCUT2D eigenvalue weighted by atomic mass is 10.1. The van der Waals surface area contributed by atoms with E-state index in [1.54, 1.807) is 6.20 Å². The number of aryl methyl sites for hydroxylation is 3. The summed E-state index contributed by atoms with van der Waals surface area (Å²) < 4.78 is 1.83. The molecule has 0 aliphatic rings. The SMILES string of the molecule is CCCn1nccc1C(O)c1cc(C)nnc1C. The maximum Gasteiger partial charge on any atom is 0.123 e. The van der Waals surface area contributed by atoms with E-state index in [2.05, 4.69) is 22.2 Å². The molecule has 2 aromatic heterocycles. The molecule has 96 valence electrons. The maximum atomic E-state index is 10.5. The van der Waals surface area contributed by atoms with Crippen LogP contribution in [0.5, 0.6) is 0 Å². The quantitative estimate of drug-likeness (QED) is 0.893. The van der Waals surface area contributed by atoms with Gasteiger partial charge in [-0.2, -0.15) is 15.3 Å². The van der Waals surface area contributed by atoms with Gasteiger partial charge in [0.2, 0.25) is 0 Å². The van der Waals surface area contributed by atoms with Crippen molar-refractivity contribution in [2.75, 3.05) is 0 Å². The van der Waals surface area contributed by atoms with E-state index in [0.717, 1.165) is 35.6 Å². The Hall–Kier alpha value is -1.75. The van der Waals surface area contributed by atoms with Gasteiger partial charge in [-0.15, -0.1) is 0 Å². The molecule has 0 amide bonds. The van der Waals surface area contributed by atoms with Crippen molar-refractivity contribution in [3.05, 3.63) is 41.0 Å². The van der Waals surface area contributed by atoms with Crippen LogP contribution in [-0.4, -0.2) is 25.1 Å². The monoisotopic (exact) mass is 246 g/mol. The molecule has 2 heterocycles. The highest BCUT2D eigenvalue weighted by molar-refractivity contribution is 5.28. The molecular formula is C13H18N4O. The zero-order chi connectivity index (χ0) is 13.1. The van der Waals surface area contributed by atoms with Crippen molar-refractivity contribution in [1.29, 1.82) is 0 Å². The van der Waals surface area contributed by atoms with E-state index in [9.17, 15) is 5.11 Å². The molecule has 0 aliphatic heterocycles. The van der Waals surface area contributed by atoms with E-state index >= 15 is 0 Å². The van der Waals surface area contributed by atoms with E-state index in [1.807, 2.05) is 30.7 Å². The van der Waals surface area contributed by atoms with E-state index < -0.39 is 6.10 Å². The second-order valence-electron chi connectivity index (χ2n) is 4.41. The second-order valence-corrected chi connectivity index (χ2v) is 4.41. The first kappa shape index (κ1) is 12.7. The lowest BCUT2D eigenvalue weighted by Crippen LogP contribution is -2.12. The molecule has 2 rings (SSSR count). The van der Waals surface area contributed by atoms with Crippen LogP contribution in [0.4, 0.5) is 0 Å². The summed E-state index contributed by atoms with van der Waals surface area (Å²) in [5.74, 6) is 0. The third-order valence-electron chi connectivity index (χ3n) is 2.90. The highest BCUT2D eigenvalue weighted by Gasteiger charge is 2.18. The minimum Gasteiger partial charge on any atom is -0.382 e. The number of nitrogens with zero attached hydrogens (tertiary/aromatic N) is 4. The predicted octanol–water partition coefficient (Wildman–Crippen LogP) is 1.78. The Balaban J connectivity index is 2.38. The van der Waals surface area contributed by atoms with Crippen LogP contribution in [0.15, 0.2) is 18.3 Å². The Labute approximate surface area is 106 Å². The third kappa shape index (κ3) is 2.41. The molecule has 1 atom stereocenters. The van der Waals surface area contributed by atoms with Gasteiger partial charge in [-0.25, -0.2) is 0 Å². The topological polar surface area (TPSA) is 63.8 Å². The molecule has 18 heavy (non-hydrogen) atoms. The normalized spacial score (nSPS) is 12.7. The molecule has 1 unspecified atom stereocenters. The van der Waals surface area contributed by atoms with Crippen LogP contribution >= 0.6 is 0 Å². The molecule has 5 nitrogen and oxygen atoms in total. The number of aliphatic hydroxyl groups is 1. The summed E-state index contributed by atoms with van der Waals surface area (Å²) in [7, 11) is 0. The summed E-state index contributed by atoms with van der Waals surface area (Å²) in [5, 5.41) is 22.7. The maximum absolute atomic E-state index is 10.5. The molecule has 0 aromatic carbocycles. The molecule has 2 aromatic rings. The van der Waals surface area contributed by atoms with Crippen molar-refractivity contribution in [3.63, 3.8) is 0 Å². The van der Waals surface area contributed by atoms with Gasteiger partial charge in [-0.3, -0.25) is 4.68 Å². The number of aliphatic hydroxyl groups excluding tert-OH is 1. The lowest BCUT2D eigenvalue weighted by molar-refractivity contribution is 0.205. The molecule has 0 saturated carbocycles. The minimum absolute atomic E-state index is 0.701. The van der Waals surface area contributed by atoms with E-state index in [4.69, 9.17) is 0 Å². The highest BCUT2D eigenvalue weighted by atomic mass is 16.3. The zero-order valence-electron chi connectivity index (χ0n) is 11.0. The van der Waals surface area contributed by atoms with Crippen molar-refractivity contribution in [2.24, 2.45) is 0 Å². The molecule has 0 aliphatic carbocycles. The van der Waals surface area contributed by atoms with E-state index in [-0.39, 0.29) is 0 Å². The Morgan fingerprint density at radius 3 is 2.83 bits per heavy atom. The molecule has 0 saturated heterocycles. The van der Waals surface area contributed by atoms with Crippen molar-refractivity contribution in [3.8, 4) is 0 Å². The van der Waals surface area contributed by atoms with E-state index in [0.29, 0.717) is 0 Å². The minimum atomic E-state index is -0.701. The molecule has 0 radical (unpaired) electrons.